The van der Waals surface area contributed by atoms with Crippen LogP contribution in [0.4, 0.5) is 5.69 Å². The first kappa shape index (κ1) is 29.1. The Morgan fingerprint density at radius 2 is 1.48 bits per heavy atom. The summed E-state index contributed by atoms with van der Waals surface area (Å²) < 4.78 is 32.5. The van der Waals surface area contributed by atoms with E-state index in [1.54, 1.807) is 31.2 Å². The Bertz CT molecular complexity index is 1360. The minimum Gasteiger partial charge on any atom is -0.489 e. The van der Waals surface area contributed by atoms with Crippen molar-refractivity contribution in [2.75, 3.05) is 17.1 Å². The Morgan fingerprint density at radius 3 is 2.05 bits per heavy atom. The molecule has 1 atom stereocenters. The monoisotopic (exact) mass is 563 g/mol. The van der Waals surface area contributed by atoms with Crippen LogP contribution in [-0.4, -0.2) is 50.0 Å². The molecule has 1 aliphatic rings. The Balaban J connectivity index is 1.50. The normalized spacial score (nSPS) is 14.3. The van der Waals surface area contributed by atoms with Gasteiger partial charge in [-0.3, -0.25) is 13.9 Å². The zero-order valence-electron chi connectivity index (χ0n) is 23.0. The number of carbonyl (C=O) groups excluding carboxylic acids is 2. The summed E-state index contributed by atoms with van der Waals surface area (Å²) in [5.74, 6) is -0.120. The van der Waals surface area contributed by atoms with E-state index in [9.17, 15) is 18.0 Å². The second-order valence-corrected chi connectivity index (χ2v) is 12.1. The van der Waals surface area contributed by atoms with Crippen molar-refractivity contribution in [3.63, 3.8) is 0 Å². The van der Waals surface area contributed by atoms with Gasteiger partial charge in [0.1, 0.15) is 24.9 Å². The van der Waals surface area contributed by atoms with Crippen LogP contribution >= 0.6 is 0 Å². The molecule has 1 N–H and O–H groups in total. The summed E-state index contributed by atoms with van der Waals surface area (Å²) in [5, 5.41) is 3.07. The van der Waals surface area contributed by atoms with Crippen LogP contribution in [0.1, 0.15) is 43.7 Å². The Labute approximate surface area is 237 Å². The Morgan fingerprint density at radius 1 is 0.900 bits per heavy atom. The Kier molecular flexibility index (Phi) is 9.82. The number of carbonyl (C=O) groups is 2. The molecule has 0 saturated heterocycles. The summed E-state index contributed by atoms with van der Waals surface area (Å²) in [4.78, 5) is 28.3. The summed E-state index contributed by atoms with van der Waals surface area (Å²) in [6.07, 6.45) is 5.07. The molecular weight excluding hydrogens is 526 g/mol. The number of anilines is 1. The lowest BCUT2D eigenvalue weighted by atomic mass is 10.1. The van der Waals surface area contributed by atoms with Crippen molar-refractivity contribution in [3.05, 3.63) is 96.1 Å². The van der Waals surface area contributed by atoms with Gasteiger partial charge in [0.2, 0.25) is 21.8 Å². The zero-order valence-corrected chi connectivity index (χ0v) is 23.8. The molecule has 0 unspecified atom stereocenters. The SMILES string of the molecule is C[C@@H](C(=O)NC1CCCC1)N(Cc1ccccc1)C(=O)CN(c1ccc(OCc2ccccc2)cc1)S(C)(=O)=O. The van der Waals surface area contributed by atoms with Crippen molar-refractivity contribution < 1.29 is 22.7 Å². The number of sulfonamides is 1. The van der Waals surface area contributed by atoms with Crippen molar-refractivity contribution in [2.45, 2.75) is 57.8 Å². The van der Waals surface area contributed by atoms with Crippen molar-refractivity contribution in [1.29, 1.82) is 0 Å². The highest BCUT2D eigenvalue weighted by molar-refractivity contribution is 7.92. The maximum absolute atomic E-state index is 13.7. The molecule has 0 heterocycles. The molecule has 1 fully saturated rings. The van der Waals surface area contributed by atoms with Crippen LogP contribution in [0.25, 0.3) is 0 Å². The van der Waals surface area contributed by atoms with Gasteiger partial charge in [0.05, 0.1) is 11.9 Å². The van der Waals surface area contributed by atoms with E-state index in [-0.39, 0.29) is 18.5 Å². The maximum Gasteiger partial charge on any atom is 0.244 e. The molecule has 0 bridgehead atoms. The fourth-order valence-corrected chi connectivity index (χ4v) is 5.67. The van der Waals surface area contributed by atoms with Gasteiger partial charge in [-0.05, 0) is 55.2 Å². The highest BCUT2D eigenvalue weighted by Gasteiger charge is 2.31. The van der Waals surface area contributed by atoms with E-state index in [2.05, 4.69) is 5.32 Å². The van der Waals surface area contributed by atoms with Gasteiger partial charge < -0.3 is 15.0 Å². The van der Waals surface area contributed by atoms with E-state index in [4.69, 9.17) is 4.74 Å². The highest BCUT2D eigenvalue weighted by Crippen LogP contribution is 2.24. The summed E-state index contributed by atoms with van der Waals surface area (Å²) in [6.45, 7) is 1.82. The number of rotatable bonds is 12. The number of nitrogens with zero attached hydrogens (tertiary/aromatic N) is 2. The first-order chi connectivity index (χ1) is 19.2. The molecule has 8 nitrogen and oxygen atoms in total. The third-order valence-corrected chi connectivity index (χ3v) is 8.26. The molecule has 0 aromatic heterocycles. The number of benzene rings is 3. The largest absolute Gasteiger partial charge is 0.489 e. The Hall–Kier alpha value is -3.85. The first-order valence-electron chi connectivity index (χ1n) is 13.6. The van der Waals surface area contributed by atoms with Crippen molar-refractivity contribution >= 4 is 27.5 Å². The van der Waals surface area contributed by atoms with Crippen LogP contribution in [0.2, 0.25) is 0 Å². The molecule has 3 aromatic rings. The van der Waals surface area contributed by atoms with Crippen LogP contribution in [0, 0.1) is 0 Å². The minimum atomic E-state index is -3.81. The van der Waals surface area contributed by atoms with Gasteiger partial charge in [-0.2, -0.15) is 0 Å². The molecule has 212 valence electrons. The topological polar surface area (TPSA) is 96.0 Å². The van der Waals surface area contributed by atoms with Crippen molar-refractivity contribution in [2.24, 2.45) is 0 Å². The van der Waals surface area contributed by atoms with Gasteiger partial charge in [0.15, 0.2) is 0 Å². The van der Waals surface area contributed by atoms with Crippen LogP contribution in [-0.2, 0) is 32.8 Å². The third kappa shape index (κ3) is 8.08. The molecule has 3 aromatic carbocycles. The van der Waals surface area contributed by atoms with E-state index in [1.807, 2.05) is 60.7 Å². The number of hydrogen-bond acceptors (Lipinski definition) is 5. The molecule has 1 aliphatic carbocycles. The lowest BCUT2D eigenvalue weighted by Gasteiger charge is -2.32. The molecule has 0 radical (unpaired) electrons. The van der Waals surface area contributed by atoms with E-state index in [0.717, 1.165) is 47.4 Å². The van der Waals surface area contributed by atoms with Gasteiger partial charge in [-0.25, -0.2) is 8.42 Å². The van der Waals surface area contributed by atoms with Gasteiger partial charge in [0.25, 0.3) is 0 Å². The molecular formula is C31H37N3O5S. The standard InChI is InChI=1S/C31H37N3O5S/c1-24(31(36)32-27-15-9-10-16-27)33(21-25-11-5-3-6-12-25)30(35)22-34(40(2,37)38)28-17-19-29(20-18-28)39-23-26-13-7-4-8-14-26/h3-8,11-14,17-20,24,27H,9-10,15-16,21-23H2,1-2H3,(H,32,36)/t24-/m0/s1. The van der Waals surface area contributed by atoms with E-state index in [0.29, 0.717) is 18.0 Å². The second-order valence-electron chi connectivity index (χ2n) is 10.2. The minimum absolute atomic E-state index is 0.110. The third-order valence-electron chi connectivity index (χ3n) is 7.12. The predicted molar refractivity (Wildman–Crippen MR) is 156 cm³/mol. The van der Waals surface area contributed by atoms with Crippen LogP contribution < -0.4 is 14.4 Å². The van der Waals surface area contributed by atoms with Gasteiger partial charge >= 0.3 is 0 Å². The lowest BCUT2D eigenvalue weighted by molar-refractivity contribution is -0.139. The fourth-order valence-electron chi connectivity index (χ4n) is 4.82. The van der Waals surface area contributed by atoms with Gasteiger partial charge in [-0.15, -0.1) is 0 Å². The summed E-state index contributed by atoms with van der Waals surface area (Å²) >= 11 is 0. The lowest BCUT2D eigenvalue weighted by Crippen LogP contribution is -2.52. The van der Waals surface area contributed by atoms with Gasteiger partial charge in [0, 0.05) is 12.6 Å². The van der Waals surface area contributed by atoms with Crippen molar-refractivity contribution in [1.82, 2.24) is 10.2 Å². The molecule has 9 heteroatoms. The molecule has 2 amide bonds. The predicted octanol–water partition coefficient (Wildman–Crippen LogP) is 4.51. The van der Waals surface area contributed by atoms with Crippen LogP contribution in [0.3, 0.4) is 0 Å². The van der Waals surface area contributed by atoms with Crippen LogP contribution in [0.5, 0.6) is 5.75 Å². The van der Waals surface area contributed by atoms with Crippen molar-refractivity contribution in [3.8, 4) is 5.75 Å². The number of amides is 2. The molecule has 0 spiro atoms. The average Bonchev–Trinajstić information content (AvgIpc) is 3.47. The smallest absolute Gasteiger partial charge is 0.244 e. The van der Waals surface area contributed by atoms with E-state index < -0.39 is 28.5 Å². The molecule has 40 heavy (non-hydrogen) atoms. The maximum atomic E-state index is 13.7. The van der Waals surface area contributed by atoms with Crippen LogP contribution in [0.15, 0.2) is 84.9 Å². The number of hydrogen-bond donors (Lipinski definition) is 1. The van der Waals surface area contributed by atoms with Gasteiger partial charge in [-0.1, -0.05) is 73.5 Å². The summed E-state index contributed by atoms with van der Waals surface area (Å²) in [5.41, 5.74) is 2.20. The number of ether oxygens (including phenoxy) is 1. The second kappa shape index (κ2) is 13.5. The van der Waals surface area contributed by atoms with E-state index >= 15 is 0 Å². The fraction of sp³-hybridized carbons (Fsp3) is 0.355. The average molecular weight is 564 g/mol. The number of nitrogens with one attached hydrogen (secondary N) is 1. The van der Waals surface area contributed by atoms with E-state index in [1.165, 1.54) is 4.90 Å². The summed E-state index contributed by atoms with van der Waals surface area (Å²) in [6, 6.07) is 25.0. The molecule has 1 saturated carbocycles. The summed E-state index contributed by atoms with van der Waals surface area (Å²) in [7, 11) is -3.81. The quantitative estimate of drug-likeness (QED) is 0.350. The molecule has 0 aliphatic heterocycles. The first-order valence-corrected chi connectivity index (χ1v) is 15.4. The molecule has 4 rings (SSSR count). The highest BCUT2D eigenvalue weighted by atomic mass is 32.2. The zero-order chi connectivity index (χ0) is 28.5.